The molecular weight excluding hydrogens is 522 g/mol. The molecule has 2 N–H and O–H groups in total. The van der Waals surface area contributed by atoms with Crippen LogP contribution < -0.4 is 9.80 Å². The number of amides is 3. The standard InChI is InChI=1S/C32H39N3O6/c1-20-29(31(2,3)40)26(17-28(38)33-14-7-10-23(33)19-36)41-32(20)24-16-22(34-15-13-27(34)37)11-12-25(24)35(30(32)39)18-21-8-5-4-6-9-21/h4-6,8-9,11-12,16,20,23,26,29,36,40H,7,10,13-15,17-19H2,1-3H3/t20-,23-,26+,29-,32+/m0/s1. The minimum atomic E-state index is -1.43. The number of likely N-dealkylation sites (tertiary alicyclic amines) is 1. The highest BCUT2D eigenvalue weighted by molar-refractivity contribution is 6.09. The van der Waals surface area contributed by atoms with E-state index in [1.165, 1.54) is 0 Å². The first-order chi connectivity index (χ1) is 19.6. The van der Waals surface area contributed by atoms with E-state index in [0.29, 0.717) is 43.0 Å². The quantitative estimate of drug-likeness (QED) is 0.503. The summed E-state index contributed by atoms with van der Waals surface area (Å²) < 4.78 is 6.82. The van der Waals surface area contributed by atoms with Crippen molar-refractivity contribution >= 4 is 29.1 Å². The van der Waals surface area contributed by atoms with Crippen molar-refractivity contribution in [3.05, 3.63) is 59.7 Å². The molecule has 4 heterocycles. The van der Waals surface area contributed by atoms with Crippen molar-refractivity contribution in [1.82, 2.24) is 4.90 Å². The van der Waals surface area contributed by atoms with Crippen LogP contribution in [0.2, 0.25) is 0 Å². The molecule has 3 fully saturated rings. The topological polar surface area (TPSA) is 111 Å². The smallest absolute Gasteiger partial charge is 0.264 e. The summed E-state index contributed by atoms with van der Waals surface area (Å²) >= 11 is 0. The van der Waals surface area contributed by atoms with Gasteiger partial charge in [-0.1, -0.05) is 37.3 Å². The number of nitrogens with zero attached hydrogens (tertiary/aromatic N) is 3. The molecule has 0 unspecified atom stereocenters. The summed E-state index contributed by atoms with van der Waals surface area (Å²) in [7, 11) is 0. The molecule has 6 rings (SSSR count). The fraction of sp³-hybridized carbons (Fsp3) is 0.531. The molecule has 1 spiro atoms. The molecular formula is C32H39N3O6. The van der Waals surface area contributed by atoms with Crippen LogP contribution in [0, 0.1) is 11.8 Å². The molecule has 2 aromatic rings. The van der Waals surface area contributed by atoms with E-state index < -0.39 is 29.1 Å². The number of hydrogen-bond acceptors (Lipinski definition) is 6. The predicted molar refractivity (Wildman–Crippen MR) is 153 cm³/mol. The van der Waals surface area contributed by atoms with Crippen LogP contribution in [0.25, 0.3) is 0 Å². The molecule has 218 valence electrons. The zero-order chi connectivity index (χ0) is 29.1. The van der Waals surface area contributed by atoms with Crippen LogP contribution in [0.3, 0.4) is 0 Å². The van der Waals surface area contributed by atoms with Crippen LogP contribution in [-0.4, -0.2) is 70.3 Å². The van der Waals surface area contributed by atoms with E-state index in [9.17, 15) is 24.6 Å². The number of aliphatic hydroxyl groups excluding tert-OH is 1. The maximum absolute atomic E-state index is 14.6. The molecule has 0 aromatic heterocycles. The zero-order valence-corrected chi connectivity index (χ0v) is 24.0. The summed E-state index contributed by atoms with van der Waals surface area (Å²) in [6, 6.07) is 15.2. The van der Waals surface area contributed by atoms with E-state index in [0.717, 1.165) is 18.4 Å². The summed E-state index contributed by atoms with van der Waals surface area (Å²) in [4.78, 5) is 45.6. The maximum Gasteiger partial charge on any atom is 0.264 e. The number of ether oxygens (including phenoxy) is 1. The zero-order valence-electron chi connectivity index (χ0n) is 24.0. The van der Waals surface area contributed by atoms with Gasteiger partial charge in [0.1, 0.15) is 0 Å². The number of rotatable bonds is 7. The van der Waals surface area contributed by atoms with E-state index in [-0.39, 0.29) is 36.8 Å². The highest BCUT2D eigenvalue weighted by Gasteiger charge is 2.66. The van der Waals surface area contributed by atoms with Crippen LogP contribution >= 0.6 is 0 Å². The Labute approximate surface area is 240 Å². The number of aliphatic hydroxyl groups is 2. The first kappa shape index (κ1) is 27.9. The third kappa shape index (κ3) is 4.45. The Kier molecular flexibility index (Phi) is 6.95. The second-order valence-electron chi connectivity index (χ2n) is 12.5. The normalized spacial score (nSPS) is 29.4. The Morgan fingerprint density at radius 1 is 1.12 bits per heavy atom. The van der Waals surface area contributed by atoms with E-state index in [1.54, 1.807) is 28.5 Å². The average Bonchev–Trinajstić information content (AvgIpc) is 3.59. The van der Waals surface area contributed by atoms with Gasteiger partial charge in [-0.15, -0.1) is 0 Å². The number of β-lactam (4-membered cyclic amide) rings is 1. The van der Waals surface area contributed by atoms with Crippen molar-refractivity contribution in [3.8, 4) is 0 Å². The van der Waals surface area contributed by atoms with Crippen molar-refractivity contribution in [1.29, 1.82) is 0 Å². The number of carbonyl (C=O) groups excluding carboxylic acids is 3. The van der Waals surface area contributed by atoms with Crippen molar-refractivity contribution in [3.63, 3.8) is 0 Å². The average molecular weight is 562 g/mol. The van der Waals surface area contributed by atoms with Crippen molar-refractivity contribution in [2.24, 2.45) is 11.8 Å². The van der Waals surface area contributed by atoms with Gasteiger partial charge in [-0.3, -0.25) is 14.4 Å². The van der Waals surface area contributed by atoms with Crippen LogP contribution in [-0.2, 0) is 31.3 Å². The van der Waals surface area contributed by atoms with Crippen molar-refractivity contribution < 1.29 is 29.3 Å². The van der Waals surface area contributed by atoms with Gasteiger partial charge in [0.15, 0.2) is 5.60 Å². The lowest BCUT2D eigenvalue weighted by Gasteiger charge is -2.35. The molecule has 9 heteroatoms. The van der Waals surface area contributed by atoms with Gasteiger partial charge in [-0.05, 0) is 50.5 Å². The summed E-state index contributed by atoms with van der Waals surface area (Å²) in [5.74, 6) is -1.33. The number of anilines is 2. The number of hydrogen-bond donors (Lipinski definition) is 2. The van der Waals surface area contributed by atoms with Crippen molar-refractivity contribution in [2.75, 3.05) is 29.5 Å². The van der Waals surface area contributed by atoms with Crippen LogP contribution in [0.4, 0.5) is 11.4 Å². The Morgan fingerprint density at radius 2 is 1.88 bits per heavy atom. The summed E-state index contributed by atoms with van der Waals surface area (Å²) in [6.45, 7) is 6.78. The van der Waals surface area contributed by atoms with Gasteiger partial charge >= 0.3 is 0 Å². The highest BCUT2D eigenvalue weighted by Crippen LogP contribution is 2.58. The van der Waals surface area contributed by atoms with E-state index in [2.05, 4.69) is 0 Å². The maximum atomic E-state index is 14.6. The highest BCUT2D eigenvalue weighted by atomic mass is 16.5. The second-order valence-corrected chi connectivity index (χ2v) is 12.5. The molecule has 41 heavy (non-hydrogen) atoms. The minimum absolute atomic E-state index is 0.00282. The third-order valence-electron chi connectivity index (χ3n) is 9.60. The van der Waals surface area contributed by atoms with E-state index in [1.807, 2.05) is 55.5 Å². The molecule has 9 nitrogen and oxygen atoms in total. The minimum Gasteiger partial charge on any atom is -0.394 e. The van der Waals surface area contributed by atoms with Crippen molar-refractivity contribution in [2.45, 2.75) is 76.3 Å². The third-order valence-corrected chi connectivity index (χ3v) is 9.60. The summed E-state index contributed by atoms with van der Waals surface area (Å²) in [5.41, 5.74) is 0.391. The Balaban J connectivity index is 1.42. The molecule has 4 aliphatic heterocycles. The van der Waals surface area contributed by atoms with Crippen LogP contribution in [0.15, 0.2) is 48.5 Å². The van der Waals surface area contributed by atoms with E-state index in [4.69, 9.17) is 4.74 Å². The monoisotopic (exact) mass is 561 g/mol. The predicted octanol–water partition coefficient (Wildman–Crippen LogP) is 2.96. The number of carbonyl (C=O) groups is 3. The lowest BCUT2D eigenvalue weighted by Crippen LogP contribution is -2.46. The molecule has 0 aliphatic carbocycles. The van der Waals surface area contributed by atoms with Gasteiger partial charge in [-0.2, -0.15) is 0 Å². The molecule has 0 saturated carbocycles. The first-order valence-electron chi connectivity index (χ1n) is 14.7. The molecule has 5 atom stereocenters. The summed E-state index contributed by atoms with van der Waals surface area (Å²) in [6.07, 6.45) is 1.35. The number of fused-ring (bicyclic) bond motifs is 2. The largest absolute Gasteiger partial charge is 0.394 e. The van der Waals surface area contributed by atoms with Gasteiger partial charge in [0.2, 0.25) is 11.8 Å². The number of benzene rings is 2. The lowest BCUT2D eigenvalue weighted by atomic mass is 9.70. The van der Waals surface area contributed by atoms with Crippen LogP contribution in [0.1, 0.15) is 57.6 Å². The van der Waals surface area contributed by atoms with Crippen LogP contribution in [0.5, 0.6) is 0 Å². The molecule has 4 aliphatic rings. The fourth-order valence-electron chi connectivity index (χ4n) is 7.59. The molecule has 3 amide bonds. The van der Waals surface area contributed by atoms with Gasteiger partial charge in [0.25, 0.3) is 5.91 Å². The van der Waals surface area contributed by atoms with Gasteiger partial charge in [0, 0.05) is 42.6 Å². The Bertz CT molecular complexity index is 1360. The first-order valence-corrected chi connectivity index (χ1v) is 14.7. The van der Waals surface area contributed by atoms with Gasteiger partial charge in [0.05, 0.1) is 43.0 Å². The lowest BCUT2D eigenvalue weighted by molar-refractivity contribution is -0.150. The SMILES string of the molecule is C[C@H]1[C@H](C(C)(C)O)[C@@H](CC(=O)N2CCC[C@H]2CO)O[C@]12C(=O)N(Cc1ccccc1)c1ccc(N3CCC3=O)cc12. The van der Waals surface area contributed by atoms with Gasteiger partial charge in [-0.25, -0.2) is 0 Å². The Morgan fingerprint density at radius 3 is 2.51 bits per heavy atom. The molecule has 3 saturated heterocycles. The van der Waals surface area contributed by atoms with E-state index >= 15 is 0 Å². The van der Waals surface area contributed by atoms with Gasteiger partial charge < -0.3 is 29.6 Å². The molecule has 0 bridgehead atoms. The fourth-order valence-corrected chi connectivity index (χ4v) is 7.59. The molecule has 0 radical (unpaired) electrons. The Hall–Kier alpha value is -3.27. The summed E-state index contributed by atoms with van der Waals surface area (Å²) in [5, 5.41) is 21.2. The molecule has 2 aromatic carbocycles. The second kappa shape index (κ2) is 10.2.